The van der Waals surface area contributed by atoms with E-state index in [0.29, 0.717) is 15.8 Å². The van der Waals surface area contributed by atoms with E-state index in [2.05, 4.69) is 0 Å². The number of benzene rings is 2. The molecule has 6 nitrogen and oxygen atoms in total. The minimum Gasteiger partial charge on any atom is -0.495 e. The summed E-state index contributed by atoms with van der Waals surface area (Å²) < 4.78 is 39.2. The number of carboxylic acids is 1. The van der Waals surface area contributed by atoms with Gasteiger partial charge in [0.2, 0.25) is 5.91 Å². The summed E-state index contributed by atoms with van der Waals surface area (Å²) in [7, 11) is 1.42. The number of carbonyl (C=O) groups is 2. The first kappa shape index (κ1) is 19.8. The molecule has 0 aliphatic rings. The fourth-order valence-corrected chi connectivity index (χ4v) is 4.15. The maximum Gasteiger partial charge on any atom is 0.346 e. The summed E-state index contributed by atoms with van der Waals surface area (Å²) in [6.07, 6.45) is 0. The molecule has 0 saturated heterocycles. The van der Waals surface area contributed by atoms with Crippen LogP contribution in [0.2, 0.25) is 5.02 Å². The molecule has 1 heterocycles. The van der Waals surface area contributed by atoms with Crippen LogP contribution in [0.15, 0.2) is 24.3 Å². The van der Waals surface area contributed by atoms with Gasteiger partial charge in [-0.25, -0.2) is 13.6 Å². The number of hydrogen-bond acceptors (Lipinski definition) is 5. The van der Waals surface area contributed by atoms with Crippen LogP contribution in [0.3, 0.4) is 0 Å². The first-order valence-electron chi connectivity index (χ1n) is 7.67. The molecule has 0 spiro atoms. The van der Waals surface area contributed by atoms with Crippen molar-refractivity contribution in [3.05, 3.63) is 56.9 Å². The Hall–Kier alpha value is -2.91. The third kappa shape index (κ3) is 3.46. The Balaban J connectivity index is 2.07. The Morgan fingerprint density at radius 3 is 2.43 bits per heavy atom. The normalized spacial score (nSPS) is 10.9. The second kappa shape index (κ2) is 7.61. The number of amides is 1. The van der Waals surface area contributed by atoms with E-state index in [1.165, 1.54) is 13.2 Å². The van der Waals surface area contributed by atoms with E-state index in [9.17, 15) is 23.5 Å². The van der Waals surface area contributed by atoms with E-state index in [1.807, 2.05) is 0 Å². The fourth-order valence-electron chi connectivity index (χ4n) is 2.65. The van der Waals surface area contributed by atoms with Gasteiger partial charge in [0.15, 0.2) is 17.4 Å². The molecule has 10 heteroatoms. The number of hydrogen-bond donors (Lipinski definition) is 2. The average Bonchev–Trinajstić information content (AvgIpc) is 3.02. The number of primary amides is 1. The highest BCUT2D eigenvalue weighted by molar-refractivity contribution is 7.21. The van der Waals surface area contributed by atoms with Crippen molar-refractivity contribution in [2.24, 2.45) is 5.73 Å². The van der Waals surface area contributed by atoms with Crippen LogP contribution in [0.4, 0.5) is 8.78 Å². The van der Waals surface area contributed by atoms with Gasteiger partial charge in [-0.15, -0.1) is 11.3 Å². The lowest BCUT2D eigenvalue weighted by Crippen LogP contribution is -2.12. The molecule has 0 radical (unpaired) electrons. The Labute approximate surface area is 166 Å². The largest absolute Gasteiger partial charge is 0.495 e. The van der Waals surface area contributed by atoms with Crippen molar-refractivity contribution in [1.29, 1.82) is 0 Å². The molecule has 3 rings (SSSR count). The lowest BCUT2D eigenvalue weighted by atomic mass is 10.1. The number of rotatable bonds is 6. The van der Waals surface area contributed by atoms with Crippen LogP contribution < -0.4 is 15.2 Å². The topological polar surface area (TPSA) is 98.9 Å². The Bertz CT molecular complexity index is 1090. The van der Waals surface area contributed by atoms with Crippen molar-refractivity contribution in [3.63, 3.8) is 0 Å². The molecule has 0 atom stereocenters. The molecule has 1 aromatic heterocycles. The van der Waals surface area contributed by atoms with Crippen LogP contribution in [0.5, 0.6) is 11.5 Å². The first-order valence-corrected chi connectivity index (χ1v) is 8.86. The molecule has 3 aromatic rings. The van der Waals surface area contributed by atoms with E-state index >= 15 is 0 Å². The lowest BCUT2D eigenvalue weighted by molar-refractivity contribution is 0.0699. The smallest absolute Gasteiger partial charge is 0.346 e. The van der Waals surface area contributed by atoms with E-state index in [-0.39, 0.29) is 21.0 Å². The highest BCUT2D eigenvalue weighted by atomic mass is 35.5. The first-order chi connectivity index (χ1) is 13.2. The average molecular weight is 428 g/mol. The van der Waals surface area contributed by atoms with Gasteiger partial charge in [-0.05, 0) is 24.3 Å². The van der Waals surface area contributed by atoms with Crippen LogP contribution >= 0.6 is 22.9 Å². The number of aromatic carboxylic acids is 1. The SMILES string of the molecule is COc1ccc(Cl)c2c(COc3c(F)cc(C(N)=O)cc3F)c(C(=O)O)sc12. The molecule has 2 aromatic carbocycles. The molecule has 28 heavy (non-hydrogen) atoms. The summed E-state index contributed by atoms with van der Waals surface area (Å²) in [5, 5.41) is 10.1. The minimum absolute atomic E-state index is 0.101. The molecule has 0 saturated carbocycles. The predicted octanol–water partition coefficient (Wildman–Crippen LogP) is 4.22. The molecule has 146 valence electrons. The molecule has 0 aliphatic heterocycles. The van der Waals surface area contributed by atoms with Crippen molar-refractivity contribution in [3.8, 4) is 11.5 Å². The molecule has 0 aliphatic carbocycles. The summed E-state index contributed by atoms with van der Waals surface area (Å²) in [6, 6.07) is 4.58. The van der Waals surface area contributed by atoms with Gasteiger partial charge >= 0.3 is 5.97 Å². The number of halogens is 3. The number of carbonyl (C=O) groups excluding carboxylic acids is 1. The highest BCUT2D eigenvalue weighted by Crippen LogP contribution is 2.42. The van der Waals surface area contributed by atoms with E-state index in [4.69, 9.17) is 26.8 Å². The Morgan fingerprint density at radius 2 is 1.89 bits per heavy atom. The van der Waals surface area contributed by atoms with Gasteiger partial charge in [-0.1, -0.05) is 11.6 Å². The second-order valence-corrected chi connectivity index (χ2v) is 7.02. The summed E-state index contributed by atoms with van der Waals surface area (Å²) in [6.45, 7) is -0.474. The minimum atomic E-state index is -1.25. The standard InChI is InChI=1S/C18H12ClF2NO5S/c1-26-12-3-2-9(19)13-8(15(18(24)25)28-16(12)13)6-27-14-10(20)4-7(17(22)23)5-11(14)21/h2-5H,6H2,1H3,(H2,22,23)(H,24,25). The quantitative estimate of drug-likeness (QED) is 0.613. The number of fused-ring (bicyclic) bond motifs is 1. The summed E-state index contributed by atoms with van der Waals surface area (Å²) in [4.78, 5) is 22.6. The van der Waals surface area contributed by atoms with Crippen LogP contribution in [-0.4, -0.2) is 24.1 Å². The lowest BCUT2D eigenvalue weighted by Gasteiger charge is -2.10. The van der Waals surface area contributed by atoms with Gasteiger partial charge in [-0.3, -0.25) is 4.79 Å². The molecule has 1 amide bonds. The van der Waals surface area contributed by atoms with E-state index < -0.39 is 35.9 Å². The van der Waals surface area contributed by atoms with Gasteiger partial charge in [-0.2, -0.15) is 0 Å². The highest BCUT2D eigenvalue weighted by Gasteiger charge is 2.24. The van der Waals surface area contributed by atoms with Gasteiger partial charge in [0.1, 0.15) is 17.2 Å². The summed E-state index contributed by atoms with van der Waals surface area (Å²) in [5.41, 5.74) is 4.80. The van der Waals surface area contributed by atoms with Gasteiger partial charge < -0.3 is 20.3 Å². The van der Waals surface area contributed by atoms with Gasteiger partial charge in [0, 0.05) is 21.5 Å². The zero-order valence-electron chi connectivity index (χ0n) is 14.2. The monoisotopic (exact) mass is 427 g/mol. The third-order valence-electron chi connectivity index (χ3n) is 3.91. The fraction of sp³-hybridized carbons (Fsp3) is 0.111. The Kier molecular flexibility index (Phi) is 5.39. The number of nitrogens with two attached hydrogens (primary N) is 1. The molecular formula is C18H12ClF2NO5S. The van der Waals surface area contributed by atoms with Gasteiger partial charge in [0.25, 0.3) is 0 Å². The molecule has 3 N–H and O–H groups in total. The second-order valence-electron chi connectivity index (χ2n) is 5.59. The zero-order chi connectivity index (χ0) is 20.6. The summed E-state index contributed by atoms with van der Waals surface area (Å²) in [5.74, 6) is -4.90. The number of ether oxygens (including phenoxy) is 2. The molecule has 0 fully saturated rings. The van der Waals surface area contributed by atoms with Crippen molar-refractivity contribution < 1.29 is 33.0 Å². The van der Waals surface area contributed by atoms with Crippen molar-refractivity contribution in [2.75, 3.05) is 7.11 Å². The maximum absolute atomic E-state index is 14.1. The molecule has 0 unspecified atom stereocenters. The summed E-state index contributed by atoms with van der Waals surface area (Å²) >= 11 is 7.12. The predicted molar refractivity (Wildman–Crippen MR) is 99.6 cm³/mol. The van der Waals surface area contributed by atoms with Crippen LogP contribution in [0.25, 0.3) is 10.1 Å². The van der Waals surface area contributed by atoms with Crippen LogP contribution in [0.1, 0.15) is 25.6 Å². The maximum atomic E-state index is 14.1. The van der Waals surface area contributed by atoms with Gasteiger partial charge in [0.05, 0.1) is 11.8 Å². The van der Waals surface area contributed by atoms with Crippen LogP contribution in [0, 0.1) is 11.6 Å². The number of methoxy groups -OCH3 is 1. The number of thiophene rings is 1. The number of carboxylic acid groups (broad SMARTS) is 1. The van der Waals surface area contributed by atoms with Crippen LogP contribution in [-0.2, 0) is 6.61 Å². The van der Waals surface area contributed by atoms with Crippen molar-refractivity contribution >= 4 is 44.9 Å². The zero-order valence-corrected chi connectivity index (χ0v) is 15.8. The third-order valence-corrected chi connectivity index (χ3v) is 5.46. The van der Waals surface area contributed by atoms with E-state index in [1.54, 1.807) is 6.07 Å². The molecular weight excluding hydrogens is 416 g/mol. The van der Waals surface area contributed by atoms with E-state index in [0.717, 1.165) is 23.5 Å². The molecule has 0 bridgehead atoms. The van der Waals surface area contributed by atoms with Crippen molar-refractivity contribution in [2.45, 2.75) is 6.61 Å². The van der Waals surface area contributed by atoms with Crippen molar-refractivity contribution in [1.82, 2.24) is 0 Å². The Morgan fingerprint density at radius 1 is 1.25 bits per heavy atom.